The van der Waals surface area contributed by atoms with Crippen LogP contribution in [0, 0.1) is 5.92 Å². The molecule has 0 spiro atoms. The van der Waals surface area contributed by atoms with Crippen molar-refractivity contribution in [2.24, 2.45) is 11.7 Å². The number of rotatable bonds is 4. The molecule has 1 amide bonds. The highest BCUT2D eigenvalue weighted by atomic mass is 16.1. The highest BCUT2D eigenvalue weighted by Crippen LogP contribution is 2.21. The van der Waals surface area contributed by atoms with Crippen molar-refractivity contribution in [1.82, 2.24) is 4.90 Å². The number of nitrogens with two attached hydrogens (primary N) is 1. The van der Waals surface area contributed by atoms with Crippen LogP contribution in [0.25, 0.3) is 0 Å². The number of likely N-dealkylation sites (tertiary alicyclic amines) is 1. The summed E-state index contributed by atoms with van der Waals surface area (Å²) >= 11 is 0. The summed E-state index contributed by atoms with van der Waals surface area (Å²) < 4.78 is 0. The van der Waals surface area contributed by atoms with Gasteiger partial charge in [0.25, 0.3) is 0 Å². The summed E-state index contributed by atoms with van der Waals surface area (Å²) in [6.07, 6.45) is 2.03. The number of hydrogen-bond acceptors (Lipinski definition) is 2. The molecule has 0 aromatic heterocycles. The number of amides is 1. The van der Waals surface area contributed by atoms with E-state index in [1.807, 2.05) is 6.07 Å². The molecule has 2 N–H and O–H groups in total. The predicted octanol–water partition coefficient (Wildman–Crippen LogP) is 1.99. The molecule has 18 heavy (non-hydrogen) atoms. The zero-order valence-corrected chi connectivity index (χ0v) is 11.0. The van der Waals surface area contributed by atoms with Crippen LogP contribution in [-0.2, 0) is 4.79 Å². The summed E-state index contributed by atoms with van der Waals surface area (Å²) in [7, 11) is 0. The third kappa shape index (κ3) is 3.33. The molecular weight excluding hydrogens is 224 g/mol. The largest absolute Gasteiger partial charge is 0.369 e. The quantitative estimate of drug-likeness (QED) is 0.883. The van der Waals surface area contributed by atoms with E-state index < -0.39 is 0 Å². The highest BCUT2D eigenvalue weighted by molar-refractivity contribution is 5.76. The lowest BCUT2D eigenvalue weighted by Gasteiger charge is -2.33. The van der Waals surface area contributed by atoms with Gasteiger partial charge in [-0.25, -0.2) is 0 Å². The van der Waals surface area contributed by atoms with Gasteiger partial charge >= 0.3 is 0 Å². The Morgan fingerprint density at radius 1 is 1.44 bits per heavy atom. The molecule has 3 heteroatoms. The molecule has 1 aromatic rings. The number of nitrogens with zero attached hydrogens (tertiary/aromatic N) is 1. The highest BCUT2D eigenvalue weighted by Gasteiger charge is 2.24. The number of piperidine rings is 1. The van der Waals surface area contributed by atoms with Crippen LogP contribution < -0.4 is 5.73 Å². The third-order valence-corrected chi connectivity index (χ3v) is 3.81. The Hall–Kier alpha value is -1.35. The van der Waals surface area contributed by atoms with Gasteiger partial charge in [-0.3, -0.25) is 4.79 Å². The van der Waals surface area contributed by atoms with Crippen molar-refractivity contribution in [3.05, 3.63) is 35.9 Å². The van der Waals surface area contributed by atoms with E-state index in [2.05, 4.69) is 36.1 Å². The summed E-state index contributed by atoms with van der Waals surface area (Å²) in [5.41, 5.74) is 6.77. The maximum atomic E-state index is 11.3. The van der Waals surface area contributed by atoms with Crippen molar-refractivity contribution >= 4 is 5.91 Å². The van der Waals surface area contributed by atoms with Gasteiger partial charge in [0.2, 0.25) is 5.91 Å². The summed E-state index contributed by atoms with van der Waals surface area (Å²) in [6.45, 7) is 5.16. The fraction of sp³-hybridized carbons (Fsp3) is 0.533. The van der Waals surface area contributed by atoms with Gasteiger partial charge in [-0.1, -0.05) is 37.3 Å². The molecule has 3 nitrogen and oxygen atoms in total. The molecule has 0 unspecified atom stereocenters. The van der Waals surface area contributed by atoms with Crippen LogP contribution in [0.4, 0.5) is 0 Å². The molecule has 2 rings (SSSR count). The molecule has 1 aliphatic rings. The van der Waals surface area contributed by atoms with Crippen LogP contribution in [0.1, 0.15) is 31.2 Å². The molecule has 0 radical (unpaired) electrons. The topological polar surface area (TPSA) is 46.3 Å². The van der Waals surface area contributed by atoms with Crippen molar-refractivity contribution < 1.29 is 4.79 Å². The second-order valence-electron chi connectivity index (χ2n) is 5.31. The normalized spacial score (nSPS) is 22.6. The van der Waals surface area contributed by atoms with Crippen LogP contribution in [0.15, 0.2) is 30.3 Å². The lowest BCUT2D eigenvalue weighted by atomic mass is 9.95. The first-order valence-corrected chi connectivity index (χ1v) is 6.73. The number of hydrogen-bond donors (Lipinski definition) is 1. The zero-order chi connectivity index (χ0) is 13.0. The summed E-state index contributed by atoms with van der Waals surface area (Å²) in [5.74, 6) is 0.395. The van der Waals surface area contributed by atoms with Gasteiger partial charge in [-0.05, 0) is 30.9 Å². The van der Waals surface area contributed by atoms with Gasteiger partial charge in [-0.2, -0.15) is 0 Å². The van der Waals surface area contributed by atoms with Crippen LogP contribution in [0.5, 0.6) is 0 Å². The fourth-order valence-electron chi connectivity index (χ4n) is 2.73. The molecule has 1 fully saturated rings. The standard InChI is InChI=1S/C15H22N2O/c1-12(13-6-3-2-4-7-13)10-17-9-5-8-14(11-17)15(16)18/h2-4,6-7,12,14H,5,8-11H2,1H3,(H2,16,18)/t12-,14-/m0/s1. The summed E-state index contributed by atoms with van der Waals surface area (Å²) in [4.78, 5) is 13.6. The van der Waals surface area contributed by atoms with Crippen molar-refractivity contribution in [3.63, 3.8) is 0 Å². The smallest absolute Gasteiger partial charge is 0.221 e. The Balaban J connectivity index is 1.91. The minimum Gasteiger partial charge on any atom is -0.369 e. The van der Waals surface area contributed by atoms with Crippen molar-refractivity contribution in [3.8, 4) is 0 Å². The average molecular weight is 246 g/mol. The zero-order valence-electron chi connectivity index (χ0n) is 11.0. The predicted molar refractivity (Wildman–Crippen MR) is 73.2 cm³/mol. The van der Waals surface area contributed by atoms with Crippen molar-refractivity contribution in [1.29, 1.82) is 0 Å². The Labute approximate surface area is 109 Å². The second-order valence-corrected chi connectivity index (χ2v) is 5.31. The monoisotopic (exact) mass is 246 g/mol. The van der Waals surface area contributed by atoms with Crippen LogP contribution in [0.2, 0.25) is 0 Å². The van der Waals surface area contributed by atoms with E-state index in [4.69, 9.17) is 5.73 Å². The summed E-state index contributed by atoms with van der Waals surface area (Å²) in [6, 6.07) is 10.5. The van der Waals surface area contributed by atoms with Gasteiger partial charge in [0, 0.05) is 13.1 Å². The second kappa shape index (κ2) is 6.01. The Morgan fingerprint density at radius 3 is 2.83 bits per heavy atom. The van der Waals surface area contributed by atoms with E-state index in [0.717, 1.165) is 32.5 Å². The minimum absolute atomic E-state index is 0.0433. The summed E-state index contributed by atoms with van der Waals surface area (Å²) in [5, 5.41) is 0. The van der Waals surface area contributed by atoms with Crippen molar-refractivity contribution in [2.45, 2.75) is 25.7 Å². The van der Waals surface area contributed by atoms with E-state index in [-0.39, 0.29) is 11.8 Å². The van der Waals surface area contributed by atoms with Gasteiger partial charge in [0.05, 0.1) is 5.92 Å². The Morgan fingerprint density at radius 2 is 2.17 bits per heavy atom. The molecule has 1 aliphatic heterocycles. The SMILES string of the molecule is C[C@@H](CN1CCC[C@H](C(N)=O)C1)c1ccccc1. The Kier molecular flexibility index (Phi) is 4.37. The molecule has 1 saturated heterocycles. The van der Waals surface area contributed by atoms with Gasteiger partial charge in [0.15, 0.2) is 0 Å². The number of benzene rings is 1. The van der Waals surface area contributed by atoms with Crippen LogP contribution in [0.3, 0.4) is 0 Å². The molecular formula is C15H22N2O. The first-order chi connectivity index (χ1) is 8.66. The van der Waals surface area contributed by atoms with Gasteiger partial charge in [0.1, 0.15) is 0 Å². The van der Waals surface area contributed by atoms with Crippen LogP contribution >= 0.6 is 0 Å². The van der Waals surface area contributed by atoms with E-state index in [1.54, 1.807) is 0 Å². The lowest BCUT2D eigenvalue weighted by Crippen LogP contribution is -2.42. The van der Waals surface area contributed by atoms with E-state index in [1.165, 1.54) is 5.56 Å². The van der Waals surface area contributed by atoms with E-state index in [9.17, 15) is 4.79 Å². The molecule has 98 valence electrons. The van der Waals surface area contributed by atoms with E-state index in [0.29, 0.717) is 5.92 Å². The molecule has 0 bridgehead atoms. The fourth-order valence-corrected chi connectivity index (χ4v) is 2.73. The average Bonchev–Trinajstić information content (AvgIpc) is 2.40. The minimum atomic E-state index is -0.146. The maximum absolute atomic E-state index is 11.3. The van der Waals surface area contributed by atoms with E-state index >= 15 is 0 Å². The molecule has 2 atom stereocenters. The van der Waals surface area contributed by atoms with Crippen LogP contribution in [-0.4, -0.2) is 30.4 Å². The van der Waals surface area contributed by atoms with Gasteiger partial charge in [-0.15, -0.1) is 0 Å². The Bertz CT molecular complexity index is 391. The van der Waals surface area contributed by atoms with Gasteiger partial charge < -0.3 is 10.6 Å². The molecule has 1 heterocycles. The molecule has 0 saturated carbocycles. The number of carbonyl (C=O) groups excluding carboxylic acids is 1. The van der Waals surface area contributed by atoms with Crippen molar-refractivity contribution in [2.75, 3.05) is 19.6 Å². The molecule has 1 aromatic carbocycles. The lowest BCUT2D eigenvalue weighted by molar-refractivity contribution is -0.123. The number of carbonyl (C=O) groups is 1. The first kappa shape index (κ1) is 13.1. The molecule has 0 aliphatic carbocycles. The number of primary amides is 1. The third-order valence-electron chi connectivity index (χ3n) is 3.81. The first-order valence-electron chi connectivity index (χ1n) is 6.73. The maximum Gasteiger partial charge on any atom is 0.221 e.